The maximum atomic E-state index is 6.35. The second-order valence-electron chi connectivity index (χ2n) is 6.94. The molecule has 2 nitrogen and oxygen atoms in total. The van der Waals surface area contributed by atoms with Crippen molar-refractivity contribution in [2.24, 2.45) is 11.8 Å². The van der Waals surface area contributed by atoms with Crippen molar-refractivity contribution in [1.82, 2.24) is 5.32 Å². The van der Waals surface area contributed by atoms with Crippen LogP contribution in [0.4, 0.5) is 0 Å². The summed E-state index contributed by atoms with van der Waals surface area (Å²) in [5, 5.41) is 3.48. The summed E-state index contributed by atoms with van der Waals surface area (Å²) in [6.45, 7) is 9.87. The third-order valence-electron chi connectivity index (χ3n) is 4.15. The molecular weight excluding hydrogens is 326 g/mol. The van der Waals surface area contributed by atoms with E-state index in [1.165, 1.54) is 24.8 Å². The van der Waals surface area contributed by atoms with E-state index in [9.17, 15) is 0 Å². The molecule has 0 aliphatic heterocycles. The number of nitrogens with one attached hydrogen (secondary N) is 1. The molecule has 2 atom stereocenters. The highest BCUT2D eigenvalue weighted by Gasteiger charge is 2.25. The normalized spacial score (nSPS) is 26.1. The number of hydrogen-bond donors (Lipinski definition) is 1. The van der Waals surface area contributed by atoms with Gasteiger partial charge >= 0.3 is 0 Å². The van der Waals surface area contributed by atoms with Crippen LogP contribution in [0, 0.1) is 11.8 Å². The van der Waals surface area contributed by atoms with Crippen molar-refractivity contribution in [3.63, 3.8) is 0 Å². The second kappa shape index (κ2) is 7.64. The molecule has 2 rings (SSSR count). The van der Waals surface area contributed by atoms with Crippen LogP contribution in [0.25, 0.3) is 0 Å². The van der Waals surface area contributed by atoms with Gasteiger partial charge in [-0.05, 0) is 49.3 Å². The molecule has 1 aliphatic rings. The molecule has 2 unspecified atom stereocenters. The molecule has 0 heterocycles. The molecule has 0 radical (unpaired) electrons. The summed E-state index contributed by atoms with van der Waals surface area (Å²) >= 11 is 3.56. The van der Waals surface area contributed by atoms with Gasteiger partial charge in [0.25, 0.3) is 0 Å². The van der Waals surface area contributed by atoms with Crippen LogP contribution in [0.3, 0.4) is 0 Å². The average Bonchev–Trinajstić information content (AvgIpc) is 2.37. The van der Waals surface area contributed by atoms with Crippen molar-refractivity contribution >= 4 is 15.9 Å². The number of benzene rings is 1. The van der Waals surface area contributed by atoms with Crippen molar-refractivity contribution in [1.29, 1.82) is 0 Å². The van der Waals surface area contributed by atoms with E-state index in [0.29, 0.717) is 12.1 Å². The minimum absolute atomic E-state index is 0.364. The maximum absolute atomic E-state index is 6.35. The summed E-state index contributed by atoms with van der Waals surface area (Å²) in [5.41, 5.74) is 1.24. The van der Waals surface area contributed by atoms with Crippen molar-refractivity contribution in [2.75, 3.05) is 0 Å². The lowest BCUT2D eigenvalue weighted by Crippen LogP contribution is -2.29. The SMILES string of the molecule is CC1CC(C)CC(Oc2ccc(Br)cc2CNC(C)C)C1. The van der Waals surface area contributed by atoms with Gasteiger partial charge in [0.2, 0.25) is 0 Å². The Morgan fingerprint density at radius 1 is 1.19 bits per heavy atom. The molecule has 1 aromatic carbocycles. The highest BCUT2D eigenvalue weighted by Crippen LogP contribution is 2.33. The molecule has 21 heavy (non-hydrogen) atoms. The molecule has 3 heteroatoms. The van der Waals surface area contributed by atoms with Crippen LogP contribution in [0.2, 0.25) is 0 Å². The topological polar surface area (TPSA) is 21.3 Å². The molecule has 1 saturated carbocycles. The minimum Gasteiger partial charge on any atom is -0.490 e. The Bertz CT molecular complexity index is 451. The molecule has 1 fully saturated rings. The third kappa shape index (κ3) is 5.30. The Morgan fingerprint density at radius 2 is 1.86 bits per heavy atom. The van der Waals surface area contributed by atoms with E-state index in [1.807, 2.05) is 0 Å². The van der Waals surface area contributed by atoms with Gasteiger partial charge < -0.3 is 10.1 Å². The Hall–Kier alpha value is -0.540. The Morgan fingerprint density at radius 3 is 2.48 bits per heavy atom. The number of rotatable bonds is 5. The van der Waals surface area contributed by atoms with Crippen molar-refractivity contribution in [3.8, 4) is 5.75 Å². The maximum Gasteiger partial charge on any atom is 0.124 e. The molecule has 0 bridgehead atoms. The fourth-order valence-electron chi connectivity index (χ4n) is 3.26. The number of ether oxygens (including phenoxy) is 1. The van der Waals surface area contributed by atoms with E-state index in [-0.39, 0.29) is 0 Å². The largest absolute Gasteiger partial charge is 0.490 e. The van der Waals surface area contributed by atoms with E-state index in [4.69, 9.17) is 4.74 Å². The van der Waals surface area contributed by atoms with Gasteiger partial charge in [-0.25, -0.2) is 0 Å². The standard InChI is InChI=1S/C18H28BrNO/c1-12(2)20-11-15-10-16(19)5-6-18(15)21-17-8-13(3)7-14(4)9-17/h5-6,10,12-14,17,20H,7-9,11H2,1-4H3. The van der Waals surface area contributed by atoms with Gasteiger partial charge in [-0.1, -0.05) is 43.6 Å². The smallest absolute Gasteiger partial charge is 0.124 e. The highest BCUT2D eigenvalue weighted by molar-refractivity contribution is 9.10. The lowest BCUT2D eigenvalue weighted by atomic mass is 9.82. The zero-order valence-corrected chi connectivity index (χ0v) is 15.2. The summed E-state index contributed by atoms with van der Waals surface area (Å²) < 4.78 is 7.47. The number of hydrogen-bond acceptors (Lipinski definition) is 2. The molecule has 0 saturated heterocycles. The van der Waals surface area contributed by atoms with E-state index in [2.05, 4.69) is 67.1 Å². The van der Waals surface area contributed by atoms with Crippen molar-refractivity contribution in [3.05, 3.63) is 28.2 Å². The zero-order valence-electron chi connectivity index (χ0n) is 13.7. The van der Waals surface area contributed by atoms with Crippen LogP contribution in [0.5, 0.6) is 5.75 Å². The first-order valence-electron chi connectivity index (χ1n) is 8.12. The molecule has 0 spiro atoms. The van der Waals surface area contributed by atoms with Gasteiger partial charge in [0, 0.05) is 22.6 Å². The van der Waals surface area contributed by atoms with Gasteiger partial charge in [0.05, 0.1) is 6.10 Å². The predicted molar refractivity (Wildman–Crippen MR) is 92.7 cm³/mol. The fourth-order valence-corrected chi connectivity index (χ4v) is 3.67. The quantitative estimate of drug-likeness (QED) is 0.789. The van der Waals surface area contributed by atoms with Crippen LogP contribution in [0.15, 0.2) is 22.7 Å². The van der Waals surface area contributed by atoms with E-state index in [1.54, 1.807) is 0 Å². The van der Waals surface area contributed by atoms with E-state index < -0.39 is 0 Å². The summed E-state index contributed by atoms with van der Waals surface area (Å²) in [7, 11) is 0. The minimum atomic E-state index is 0.364. The fraction of sp³-hybridized carbons (Fsp3) is 0.667. The van der Waals surface area contributed by atoms with Crippen LogP contribution >= 0.6 is 15.9 Å². The van der Waals surface area contributed by atoms with E-state index in [0.717, 1.165) is 28.6 Å². The predicted octanol–water partition coefficient (Wildman–Crippen LogP) is 5.15. The van der Waals surface area contributed by atoms with Gasteiger partial charge in [0.1, 0.15) is 5.75 Å². The molecule has 1 N–H and O–H groups in total. The summed E-state index contributed by atoms with van der Waals surface area (Å²) in [4.78, 5) is 0. The lowest BCUT2D eigenvalue weighted by molar-refractivity contribution is 0.0999. The summed E-state index contributed by atoms with van der Waals surface area (Å²) in [6, 6.07) is 6.82. The summed E-state index contributed by atoms with van der Waals surface area (Å²) in [6.07, 6.45) is 4.05. The molecular formula is C18H28BrNO. The highest BCUT2D eigenvalue weighted by atomic mass is 79.9. The first-order valence-corrected chi connectivity index (χ1v) is 8.91. The van der Waals surface area contributed by atoms with Crippen LogP contribution in [0.1, 0.15) is 52.5 Å². The van der Waals surface area contributed by atoms with E-state index >= 15 is 0 Å². The zero-order chi connectivity index (χ0) is 15.4. The van der Waals surface area contributed by atoms with Gasteiger partial charge in [-0.15, -0.1) is 0 Å². The first kappa shape index (κ1) is 16.8. The monoisotopic (exact) mass is 353 g/mol. The summed E-state index contributed by atoms with van der Waals surface area (Å²) in [5.74, 6) is 2.58. The molecule has 1 aromatic rings. The van der Waals surface area contributed by atoms with Gasteiger partial charge in [-0.2, -0.15) is 0 Å². The second-order valence-corrected chi connectivity index (χ2v) is 7.86. The molecule has 0 amide bonds. The molecule has 0 aromatic heterocycles. The average molecular weight is 354 g/mol. The molecule has 118 valence electrons. The number of halogens is 1. The van der Waals surface area contributed by atoms with Gasteiger partial charge in [-0.3, -0.25) is 0 Å². The van der Waals surface area contributed by atoms with Crippen LogP contribution < -0.4 is 10.1 Å². The molecule has 1 aliphatic carbocycles. The van der Waals surface area contributed by atoms with Gasteiger partial charge in [0.15, 0.2) is 0 Å². The van der Waals surface area contributed by atoms with Crippen LogP contribution in [-0.2, 0) is 6.54 Å². The van der Waals surface area contributed by atoms with Crippen molar-refractivity contribution in [2.45, 2.75) is 65.6 Å². The first-order chi connectivity index (χ1) is 9.94. The van der Waals surface area contributed by atoms with Crippen molar-refractivity contribution < 1.29 is 4.74 Å². The van der Waals surface area contributed by atoms with Crippen LogP contribution in [-0.4, -0.2) is 12.1 Å². The lowest BCUT2D eigenvalue weighted by Gasteiger charge is -2.32. The third-order valence-corrected chi connectivity index (χ3v) is 4.65. The Labute approximate surface area is 137 Å². The Kier molecular flexibility index (Phi) is 6.12. The Balaban J connectivity index is 2.07.